The molecule has 0 spiro atoms. The van der Waals surface area contributed by atoms with Crippen molar-refractivity contribution in [2.75, 3.05) is 19.8 Å². The molecule has 2 atom stereocenters. The summed E-state index contributed by atoms with van der Waals surface area (Å²) in [5.41, 5.74) is 1.36. The topological polar surface area (TPSA) is 111 Å². The Morgan fingerprint density at radius 2 is 2.19 bits per heavy atom. The van der Waals surface area contributed by atoms with Gasteiger partial charge in [-0.3, -0.25) is 9.69 Å². The number of nitrogens with one attached hydrogen (secondary N) is 1. The first-order chi connectivity index (χ1) is 17.6. The monoisotopic (exact) mass is 492 g/mol. The molecule has 1 aliphatic heterocycles. The van der Waals surface area contributed by atoms with E-state index in [-0.39, 0.29) is 17.7 Å². The van der Waals surface area contributed by atoms with Crippen molar-refractivity contribution in [2.24, 2.45) is 0 Å². The molecule has 4 aromatic rings. The van der Waals surface area contributed by atoms with Crippen LogP contribution in [0.1, 0.15) is 56.3 Å². The highest BCUT2D eigenvalue weighted by atomic mass is 16.5. The zero-order valence-corrected chi connectivity index (χ0v) is 20.7. The molecule has 4 heterocycles. The maximum atomic E-state index is 13.1. The predicted octanol–water partition coefficient (Wildman–Crippen LogP) is 3.69. The van der Waals surface area contributed by atoms with Gasteiger partial charge in [-0.05, 0) is 73.0 Å². The molecule has 5 rings (SSSR count). The number of aromatic amines is 1. The van der Waals surface area contributed by atoms with E-state index in [4.69, 9.17) is 13.9 Å². The maximum absolute atomic E-state index is 13.1. The first kappa shape index (κ1) is 24.2. The van der Waals surface area contributed by atoms with Crippen LogP contribution in [-0.2, 0) is 17.8 Å². The number of benzene rings is 1. The highest BCUT2D eigenvalue weighted by molar-refractivity contribution is 5.80. The summed E-state index contributed by atoms with van der Waals surface area (Å²) in [6.45, 7) is 6.98. The molecule has 1 N–H and O–H groups in total. The fraction of sp³-hybridized carbons (Fsp3) is 0.462. The maximum Gasteiger partial charge on any atom is 0.252 e. The van der Waals surface area contributed by atoms with E-state index in [0.29, 0.717) is 31.8 Å². The summed E-state index contributed by atoms with van der Waals surface area (Å²) in [5.74, 6) is 2.30. The van der Waals surface area contributed by atoms with E-state index in [2.05, 4.69) is 32.3 Å². The SMILES string of the molecule is CCOc1ccc2[nH]c(=O)c(CN(C[C@@H]3CCCO3)[C@H](CC)c3nnnn3Cc3ccco3)cc2c1. The van der Waals surface area contributed by atoms with E-state index < -0.39 is 0 Å². The number of H-pyrrole nitrogens is 1. The van der Waals surface area contributed by atoms with Gasteiger partial charge in [-0.15, -0.1) is 5.10 Å². The fourth-order valence-electron chi connectivity index (χ4n) is 4.89. The number of nitrogens with zero attached hydrogens (tertiary/aromatic N) is 5. The predicted molar refractivity (Wildman–Crippen MR) is 134 cm³/mol. The van der Waals surface area contributed by atoms with E-state index in [1.807, 2.05) is 43.3 Å². The summed E-state index contributed by atoms with van der Waals surface area (Å²) in [5, 5.41) is 13.5. The van der Waals surface area contributed by atoms with Crippen molar-refractivity contribution in [3.05, 3.63) is 70.2 Å². The Balaban J connectivity index is 1.47. The van der Waals surface area contributed by atoms with Gasteiger partial charge in [0.05, 0.1) is 25.0 Å². The number of tetrazole rings is 1. The molecular formula is C26H32N6O4. The number of hydrogen-bond acceptors (Lipinski definition) is 8. The number of ether oxygens (including phenoxy) is 2. The van der Waals surface area contributed by atoms with Gasteiger partial charge >= 0.3 is 0 Å². The third kappa shape index (κ3) is 5.34. The van der Waals surface area contributed by atoms with Crippen LogP contribution in [0.2, 0.25) is 0 Å². The average molecular weight is 493 g/mol. The second-order valence-corrected chi connectivity index (χ2v) is 9.07. The van der Waals surface area contributed by atoms with E-state index in [1.54, 1.807) is 10.9 Å². The Labute approximate surface area is 209 Å². The van der Waals surface area contributed by atoms with Gasteiger partial charge in [0, 0.05) is 36.2 Å². The van der Waals surface area contributed by atoms with Gasteiger partial charge in [0.15, 0.2) is 5.82 Å². The minimum absolute atomic E-state index is 0.103. The first-order valence-corrected chi connectivity index (χ1v) is 12.6. The lowest BCUT2D eigenvalue weighted by Crippen LogP contribution is -2.37. The molecule has 0 aliphatic carbocycles. The molecule has 0 unspecified atom stereocenters. The fourth-order valence-corrected chi connectivity index (χ4v) is 4.89. The van der Waals surface area contributed by atoms with Crippen molar-refractivity contribution in [1.29, 1.82) is 0 Å². The molecule has 10 heteroatoms. The second kappa shape index (κ2) is 11.0. The molecule has 36 heavy (non-hydrogen) atoms. The summed E-state index contributed by atoms with van der Waals surface area (Å²) in [6.07, 6.45) is 4.56. The van der Waals surface area contributed by atoms with Crippen molar-refractivity contribution in [3.63, 3.8) is 0 Å². The van der Waals surface area contributed by atoms with Gasteiger partial charge in [-0.1, -0.05) is 6.92 Å². The zero-order chi connectivity index (χ0) is 24.9. The van der Waals surface area contributed by atoms with Gasteiger partial charge in [0.1, 0.15) is 18.1 Å². The van der Waals surface area contributed by atoms with E-state index >= 15 is 0 Å². The highest BCUT2D eigenvalue weighted by Crippen LogP contribution is 2.28. The van der Waals surface area contributed by atoms with Crippen LogP contribution in [-0.4, -0.2) is 56.0 Å². The molecule has 0 bridgehead atoms. The molecule has 1 aromatic carbocycles. The van der Waals surface area contributed by atoms with E-state index in [1.165, 1.54) is 0 Å². The number of furan rings is 1. The normalized spacial score (nSPS) is 16.7. The van der Waals surface area contributed by atoms with Crippen LogP contribution < -0.4 is 10.3 Å². The molecule has 3 aromatic heterocycles. The summed E-state index contributed by atoms with van der Waals surface area (Å²) in [4.78, 5) is 18.4. The summed E-state index contributed by atoms with van der Waals surface area (Å²) in [6, 6.07) is 11.3. The van der Waals surface area contributed by atoms with Crippen molar-refractivity contribution in [2.45, 2.75) is 58.3 Å². The van der Waals surface area contributed by atoms with Crippen molar-refractivity contribution < 1.29 is 13.9 Å². The Morgan fingerprint density at radius 1 is 1.28 bits per heavy atom. The van der Waals surface area contributed by atoms with Crippen molar-refractivity contribution in [3.8, 4) is 5.75 Å². The summed E-state index contributed by atoms with van der Waals surface area (Å²) < 4.78 is 18.9. The molecule has 1 aliphatic rings. The van der Waals surface area contributed by atoms with Crippen molar-refractivity contribution in [1.82, 2.24) is 30.1 Å². The Bertz CT molecular complexity index is 1330. The molecule has 0 amide bonds. The standard InChI is InChI=1S/C26H32N6O4/c1-3-24(25-28-29-30-32(25)17-22-8-6-12-36-22)31(16-21-7-5-11-35-21)15-19-13-18-14-20(34-4-2)9-10-23(18)27-26(19)33/h6,8-10,12-14,21,24H,3-5,7,11,15-17H2,1-2H3,(H,27,33)/t21-,24+/m0/s1. The molecule has 0 saturated carbocycles. The summed E-state index contributed by atoms with van der Waals surface area (Å²) >= 11 is 0. The average Bonchev–Trinajstić information content (AvgIpc) is 3.65. The van der Waals surface area contributed by atoms with Gasteiger partial charge in [-0.25, -0.2) is 4.68 Å². The van der Waals surface area contributed by atoms with Crippen LogP contribution >= 0.6 is 0 Å². The Hall–Kier alpha value is -3.50. The number of hydrogen-bond donors (Lipinski definition) is 1. The van der Waals surface area contributed by atoms with Crippen LogP contribution in [0.5, 0.6) is 5.75 Å². The van der Waals surface area contributed by atoms with Gasteiger partial charge < -0.3 is 18.9 Å². The second-order valence-electron chi connectivity index (χ2n) is 9.07. The Morgan fingerprint density at radius 3 is 2.94 bits per heavy atom. The number of aromatic nitrogens is 5. The third-order valence-corrected chi connectivity index (χ3v) is 6.61. The third-order valence-electron chi connectivity index (χ3n) is 6.61. The van der Waals surface area contributed by atoms with E-state index in [0.717, 1.165) is 54.1 Å². The highest BCUT2D eigenvalue weighted by Gasteiger charge is 2.29. The van der Waals surface area contributed by atoms with Gasteiger partial charge in [0.2, 0.25) is 0 Å². The molecular weight excluding hydrogens is 460 g/mol. The van der Waals surface area contributed by atoms with Gasteiger partial charge in [-0.2, -0.15) is 0 Å². The van der Waals surface area contributed by atoms with Gasteiger partial charge in [0.25, 0.3) is 5.56 Å². The van der Waals surface area contributed by atoms with E-state index in [9.17, 15) is 4.79 Å². The molecule has 10 nitrogen and oxygen atoms in total. The van der Waals surface area contributed by atoms with Crippen LogP contribution in [0.3, 0.4) is 0 Å². The number of pyridine rings is 1. The smallest absolute Gasteiger partial charge is 0.252 e. The lowest BCUT2D eigenvalue weighted by atomic mass is 10.1. The van der Waals surface area contributed by atoms with Crippen LogP contribution in [0.15, 0.2) is 51.9 Å². The van der Waals surface area contributed by atoms with Crippen LogP contribution in [0.4, 0.5) is 0 Å². The Kier molecular flexibility index (Phi) is 7.43. The number of fused-ring (bicyclic) bond motifs is 1. The zero-order valence-electron chi connectivity index (χ0n) is 20.7. The molecule has 1 fully saturated rings. The minimum Gasteiger partial charge on any atom is -0.494 e. The number of rotatable bonds is 11. The minimum atomic E-state index is -0.107. The molecule has 190 valence electrons. The lowest BCUT2D eigenvalue weighted by Gasteiger charge is -2.32. The van der Waals surface area contributed by atoms with Crippen LogP contribution in [0, 0.1) is 0 Å². The lowest BCUT2D eigenvalue weighted by molar-refractivity contribution is 0.0488. The first-order valence-electron chi connectivity index (χ1n) is 12.6. The molecule has 1 saturated heterocycles. The largest absolute Gasteiger partial charge is 0.494 e. The molecule has 0 radical (unpaired) electrons. The quantitative estimate of drug-likeness (QED) is 0.337. The van der Waals surface area contributed by atoms with Crippen LogP contribution in [0.25, 0.3) is 10.9 Å². The van der Waals surface area contributed by atoms with Crippen molar-refractivity contribution >= 4 is 10.9 Å². The summed E-state index contributed by atoms with van der Waals surface area (Å²) in [7, 11) is 0.